The predicted octanol–water partition coefficient (Wildman–Crippen LogP) is 3.89. The van der Waals surface area contributed by atoms with Gasteiger partial charge in [0.15, 0.2) is 11.9 Å². The molecule has 0 aliphatic carbocycles. The Labute approximate surface area is 141 Å². The van der Waals surface area contributed by atoms with Gasteiger partial charge >= 0.3 is 5.97 Å². The van der Waals surface area contributed by atoms with E-state index in [-0.39, 0.29) is 5.56 Å². The SMILES string of the molecule is Cc1ccc(C(=O)OC(C)c2nc3sc(C)c(C)c3c(=O)[nH]2)s1. The van der Waals surface area contributed by atoms with Crippen molar-refractivity contribution < 1.29 is 9.53 Å². The predicted molar refractivity (Wildman–Crippen MR) is 92.6 cm³/mol. The number of hydrogen-bond donors (Lipinski definition) is 1. The van der Waals surface area contributed by atoms with Crippen LogP contribution in [0.15, 0.2) is 16.9 Å². The van der Waals surface area contributed by atoms with Crippen LogP contribution in [0.25, 0.3) is 10.2 Å². The van der Waals surface area contributed by atoms with Gasteiger partial charge in [0.1, 0.15) is 9.71 Å². The van der Waals surface area contributed by atoms with Gasteiger partial charge in [-0.25, -0.2) is 9.78 Å². The van der Waals surface area contributed by atoms with Crippen LogP contribution < -0.4 is 5.56 Å². The third-order valence-corrected chi connectivity index (χ3v) is 5.75. The van der Waals surface area contributed by atoms with Gasteiger partial charge in [-0.05, 0) is 45.4 Å². The maximum absolute atomic E-state index is 12.3. The summed E-state index contributed by atoms with van der Waals surface area (Å²) in [5.41, 5.74) is 0.755. The van der Waals surface area contributed by atoms with Gasteiger partial charge < -0.3 is 9.72 Å². The van der Waals surface area contributed by atoms with Gasteiger partial charge in [0.25, 0.3) is 5.56 Å². The van der Waals surface area contributed by atoms with Crippen LogP contribution >= 0.6 is 22.7 Å². The molecule has 0 spiro atoms. The second kappa shape index (κ2) is 5.90. The largest absolute Gasteiger partial charge is 0.450 e. The highest BCUT2D eigenvalue weighted by molar-refractivity contribution is 7.18. The van der Waals surface area contributed by atoms with Crippen LogP contribution in [-0.4, -0.2) is 15.9 Å². The number of aryl methyl sites for hydroxylation is 3. The number of aromatic amines is 1. The van der Waals surface area contributed by atoms with Gasteiger partial charge in [-0.2, -0.15) is 0 Å². The van der Waals surface area contributed by atoms with Crippen molar-refractivity contribution in [1.82, 2.24) is 9.97 Å². The molecule has 3 aromatic rings. The normalized spacial score (nSPS) is 12.5. The number of ether oxygens (including phenoxy) is 1. The summed E-state index contributed by atoms with van der Waals surface area (Å²) in [5.74, 6) is -0.0396. The number of nitrogens with zero attached hydrogens (tertiary/aromatic N) is 1. The lowest BCUT2D eigenvalue weighted by Crippen LogP contribution is -2.16. The van der Waals surface area contributed by atoms with Gasteiger partial charge in [0.05, 0.1) is 5.39 Å². The average molecular weight is 348 g/mol. The van der Waals surface area contributed by atoms with Gasteiger partial charge in [0, 0.05) is 9.75 Å². The molecule has 3 rings (SSSR count). The van der Waals surface area contributed by atoms with Crippen LogP contribution in [0.3, 0.4) is 0 Å². The second-order valence-electron chi connectivity index (χ2n) is 5.37. The first-order chi connectivity index (χ1) is 10.9. The highest BCUT2D eigenvalue weighted by Crippen LogP contribution is 2.27. The lowest BCUT2D eigenvalue weighted by molar-refractivity contribution is 0.0326. The van der Waals surface area contributed by atoms with Crippen molar-refractivity contribution in [2.24, 2.45) is 0 Å². The van der Waals surface area contributed by atoms with E-state index >= 15 is 0 Å². The average Bonchev–Trinajstić information content (AvgIpc) is 3.03. The standard InChI is InChI=1S/C16H16N2O3S2/c1-7-5-6-11(22-7)16(20)21-9(3)13-17-14(19)12-8(2)10(4)23-15(12)18-13/h5-6,9H,1-4H3,(H,17,18,19). The molecule has 0 amide bonds. The molecule has 0 fully saturated rings. The number of fused-ring (bicyclic) bond motifs is 1. The molecule has 5 nitrogen and oxygen atoms in total. The Bertz CT molecular complexity index is 952. The van der Waals surface area contributed by atoms with Crippen molar-refractivity contribution in [1.29, 1.82) is 0 Å². The van der Waals surface area contributed by atoms with Crippen molar-refractivity contribution in [3.05, 3.63) is 48.5 Å². The number of carbonyl (C=O) groups excluding carboxylic acids is 1. The Morgan fingerprint density at radius 3 is 2.65 bits per heavy atom. The highest BCUT2D eigenvalue weighted by atomic mass is 32.1. The second-order valence-corrected chi connectivity index (χ2v) is 7.86. The lowest BCUT2D eigenvalue weighted by Gasteiger charge is -2.11. The zero-order valence-electron chi connectivity index (χ0n) is 13.2. The zero-order valence-corrected chi connectivity index (χ0v) is 14.9. The Morgan fingerprint density at radius 1 is 1.26 bits per heavy atom. The van der Waals surface area contributed by atoms with E-state index in [1.807, 2.05) is 26.8 Å². The fourth-order valence-corrected chi connectivity index (χ4v) is 4.07. The maximum atomic E-state index is 12.3. The summed E-state index contributed by atoms with van der Waals surface area (Å²) in [4.78, 5) is 34.9. The van der Waals surface area contributed by atoms with Crippen LogP contribution in [0.4, 0.5) is 0 Å². The molecule has 120 valence electrons. The molecule has 0 saturated heterocycles. The van der Waals surface area contributed by atoms with E-state index in [2.05, 4.69) is 9.97 Å². The van der Waals surface area contributed by atoms with Crippen LogP contribution in [0.2, 0.25) is 0 Å². The molecule has 0 aliphatic heterocycles. The number of nitrogens with one attached hydrogen (secondary N) is 1. The van der Waals surface area contributed by atoms with Gasteiger partial charge in [-0.15, -0.1) is 22.7 Å². The number of carbonyl (C=O) groups is 1. The van der Waals surface area contributed by atoms with Crippen molar-refractivity contribution in [2.75, 3.05) is 0 Å². The Kier molecular flexibility index (Phi) is 4.08. The molecule has 23 heavy (non-hydrogen) atoms. The number of esters is 1. The fourth-order valence-electron chi connectivity index (χ4n) is 2.28. The first kappa shape index (κ1) is 15.9. The summed E-state index contributed by atoms with van der Waals surface area (Å²) in [6, 6.07) is 3.61. The molecule has 0 saturated carbocycles. The fraction of sp³-hybridized carbons (Fsp3) is 0.312. The number of aromatic nitrogens is 2. The van der Waals surface area contributed by atoms with Gasteiger partial charge in [0.2, 0.25) is 0 Å². The van der Waals surface area contributed by atoms with Crippen molar-refractivity contribution in [2.45, 2.75) is 33.8 Å². The lowest BCUT2D eigenvalue weighted by atomic mass is 10.2. The minimum atomic E-state index is -0.621. The molecular formula is C16H16N2O3S2. The third-order valence-electron chi connectivity index (χ3n) is 3.67. The summed E-state index contributed by atoms with van der Waals surface area (Å²) >= 11 is 2.85. The van der Waals surface area contributed by atoms with Crippen molar-refractivity contribution in [3.8, 4) is 0 Å². The first-order valence-electron chi connectivity index (χ1n) is 7.14. The summed E-state index contributed by atoms with van der Waals surface area (Å²) < 4.78 is 5.42. The van der Waals surface area contributed by atoms with Crippen LogP contribution in [0.5, 0.6) is 0 Å². The van der Waals surface area contributed by atoms with Crippen molar-refractivity contribution >= 4 is 38.9 Å². The number of hydrogen-bond acceptors (Lipinski definition) is 6. The molecule has 1 unspecified atom stereocenters. The Morgan fingerprint density at radius 2 is 2.00 bits per heavy atom. The van der Waals surface area contributed by atoms with Crippen LogP contribution in [0.1, 0.15) is 43.8 Å². The number of H-pyrrole nitrogens is 1. The van der Waals surface area contributed by atoms with Gasteiger partial charge in [-0.1, -0.05) is 0 Å². The zero-order chi connectivity index (χ0) is 16.7. The Balaban J connectivity index is 1.90. The summed E-state index contributed by atoms with van der Waals surface area (Å²) in [5, 5.41) is 0.614. The quantitative estimate of drug-likeness (QED) is 0.729. The van der Waals surface area contributed by atoms with E-state index in [0.29, 0.717) is 20.9 Å². The van der Waals surface area contributed by atoms with Crippen LogP contribution in [0, 0.1) is 20.8 Å². The molecule has 0 aromatic carbocycles. The minimum Gasteiger partial charge on any atom is -0.450 e. The van der Waals surface area contributed by atoms with Gasteiger partial charge in [-0.3, -0.25) is 4.79 Å². The van der Waals surface area contributed by atoms with E-state index in [9.17, 15) is 9.59 Å². The number of thiophene rings is 2. The van der Waals surface area contributed by atoms with E-state index in [4.69, 9.17) is 4.74 Å². The molecule has 7 heteroatoms. The third kappa shape index (κ3) is 2.94. The summed E-state index contributed by atoms with van der Waals surface area (Å²) in [6.45, 7) is 7.51. The molecule has 3 aromatic heterocycles. The van der Waals surface area contributed by atoms with E-state index < -0.39 is 12.1 Å². The first-order valence-corrected chi connectivity index (χ1v) is 8.77. The Hall–Kier alpha value is -1.99. The summed E-state index contributed by atoms with van der Waals surface area (Å²) in [6.07, 6.45) is -0.621. The van der Waals surface area contributed by atoms with E-state index in [0.717, 1.165) is 15.3 Å². The van der Waals surface area contributed by atoms with E-state index in [1.54, 1.807) is 13.0 Å². The number of rotatable bonds is 3. The monoisotopic (exact) mass is 348 g/mol. The molecule has 1 atom stereocenters. The minimum absolute atomic E-state index is 0.193. The molecule has 0 bridgehead atoms. The topological polar surface area (TPSA) is 72.0 Å². The highest BCUT2D eigenvalue weighted by Gasteiger charge is 2.19. The summed E-state index contributed by atoms with van der Waals surface area (Å²) in [7, 11) is 0. The van der Waals surface area contributed by atoms with Crippen molar-refractivity contribution in [3.63, 3.8) is 0 Å². The van der Waals surface area contributed by atoms with Crippen LogP contribution in [-0.2, 0) is 4.74 Å². The van der Waals surface area contributed by atoms with E-state index in [1.165, 1.54) is 22.7 Å². The smallest absolute Gasteiger partial charge is 0.349 e. The molecular weight excluding hydrogens is 332 g/mol. The molecule has 1 N–H and O–H groups in total. The molecule has 0 radical (unpaired) electrons. The molecule has 3 heterocycles. The maximum Gasteiger partial charge on any atom is 0.349 e. The molecule has 0 aliphatic rings.